The fourth-order valence-corrected chi connectivity index (χ4v) is 2.17. The summed E-state index contributed by atoms with van der Waals surface area (Å²) in [5.74, 6) is 1.06. The molecule has 19 heavy (non-hydrogen) atoms. The van der Waals surface area contributed by atoms with Gasteiger partial charge in [0.25, 0.3) is 0 Å². The molecule has 0 aromatic rings. The number of rotatable bonds is 4. The number of hydrogen-bond donors (Lipinski definition) is 2. The fourth-order valence-electron chi connectivity index (χ4n) is 2.17. The first-order valence-corrected chi connectivity index (χ1v) is 6.83. The van der Waals surface area contributed by atoms with Crippen LogP contribution in [0.5, 0.6) is 0 Å². The second kappa shape index (κ2) is 8.67. The van der Waals surface area contributed by atoms with E-state index in [2.05, 4.69) is 20.8 Å². The SMILES string of the molecule is CC(C)[C@@H]1CC[C@@H](C)CC1=O.NC(=O)CCC(N)=O. The van der Waals surface area contributed by atoms with Crippen molar-refractivity contribution >= 4 is 17.6 Å². The number of carbonyl (C=O) groups is 3. The summed E-state index contributed by atoms with van der Waals surface area (Å²) in [6.45, 7) is 6.48. The summed E-state index contributed by atoms with van der Waals surface area (Å²) in [4.78, 5) is 31.3. The molecule has 1 aliphatic carbocycles. The third-order valence-corrected chi connectivity index (χ3v) is 3.36. The summed E-state index contributed by atoms with van der Waals surface area (Å²) in [6, 6.07) is 0. The molecule has 0 bridgehead atoms. The smallest absolute Gasteiger partial charge is 0.217 e. The van der Waals surface area contributed by atoms with E-state index in [0.717, 1.165) is 12.8 Å². The van der Waals surface area contributed by atoms with Crippen LogP contribution in [0.4, 0.5) is 0 Å². The zero-order valence-electron chi connectivity index (χ0n) is 12.1. The molecule has 0 heterocycles. The summed E-state index contributed by atoms with van der Waals surface area (Å²) in [7, 11) is 0. The Morgan fingerprint density at radius 2 is 1.63 bits per heavy atom. The summed E-state index contributed by atoms with van der Waals surface area (Å²) >= 11 is 0. The Kier molecular flexibility index (Phi) is 8.03. The summed E-state index contributed by atoms with van der Waals surface area (Å²) in [5, 5.41) is 0. The van der Waals surface area contributed by atoms with Gasteiger partial charge < -0.3 is 11.5 Å². The molecule has 2 atom stereocenters. The second-order valence-corrected chi connectivity index (χ2v) is 5.64. The summed E-state index contributed by atoms with van der Waals surface area (Å²) < 4.78 is 0. The van der Waals surface area contributed by atoms with Crippen molar-refractivity contribution < 1.29 is 14.4 Å². The van der Waals surface area contributed by atoms with Gasteiger partial charge >= 0.3 is 0 Å². The minimum Gasteiger partial charge on any atom is -0.370 e. The third kappa shape index (κ3) is 8.35. The molecular formula is C14H26N2O3. The van der Waals surface area contributed by atoms with E-state index in [1.54, 1.807) is 0 Å². The normalized spacial score (nSPS) is 22.6. The van der Waals surface area contributed by atoms with Gasteiger partial charge in [-0.05, 0) is 24.7 Å². The van der Waals surface area contributed by atoms with E-state index in [9.17, 15) is 14.4 Å². The lowest BCUT2D eigenvalue weighted by atomic mass is 9.77. The van der Waals surface area contributed by atoms with Crippen LogP contribution in [0.2, 0.25) is 0 Å². The Balaban J connectivity index is 0.000000362. The van der Waals surface area contributed by atoms with Gasteiger partial charge in [0.05, 0.1) is 0 Å². The zero-order valence-corrected chi connectivity index (χ0v) is 12.1. The topological polar surface area (TPSA) is 103 Å². The number of Topliss-reactive ketones (excluding diaryl/α,β-unsaturated/α-hetero) is 1. The Morgan fingerprint density at radius 3 is 1.95 bits per heavy atom. The first kappa shape index (κ1) is 17.6. The third-order valence-electron chi connectivity index (χ3n) is 3.36. The number of nitrogens with two attached hydrogens (primary N) is 2. The zero-order chi connectivity index (χ0) is 15.0. The highest BCUT2D eigenvalue weighted by Gasteiger charge is 2.27. The molecule has 1 rings (SSSR count). The molecule has 2 amide bonds. The quantitative estimate of drug-likeness (QED) is 0.806. The second-order valence-electron chi connectivity index (χ2n) is 5.64. The van der Waals surface area contributed by atoms with Crippen LogP contribution in [0.1, 0.15) is 52.9 Å². The maximum Gasteiger partial charge on any atom is 0.217 e. The molecule has 0 aromatic carbocycles. The van der Waals surface area contributed by atoms with Crippen LogP contribution in [-0.2, 0) is 14.4 Å². The Labute approximate surface area is 115 Å². The van der Waals surface area contributed by atoms with Crippen molar-refractivity contribution in [3.05, 3.63) is 0 Å². The maximum absolute atomic E-state index is 11.4. The van der Waals surface area contributed by atoms with Crippen molar-refractivity contribution in [1.82, 2.24) is 0 Å². The number of amides is 2. The van der Waals surface area contributed by atoms with E-state index < -0.39 is 11.8 Å². The van der Waals surface area contributed by atoms with Crippen LogP contribution < -0.4 is 11.5 Å². The average molecular weight is 270 g/mol. The highest BCUT2D eigenvalue weighted by atomic mass is 16.2. The van der Waals surface area contributed by atoms with Crippen LogP contribution in [0, 0.1) is 17.8 Å². The van der Waals surface area contributed by atoms with Gasteiger partial charge in [0.2, 0.25) is 11.8 Å². The number of hydrogen-bond acceptors (Lipinski definition) is 3. The molecule has 0 spiro atoms. The van der Waals surface area contributed by atoms with E-state index in [1.807, 2.05) is 0 Å². The van der Waals surface area contributed by atoms with Gasteiger partial charge in [-0.25, -0.2) is 0 Å². The van der Waals surface area contributed by atoms with Crippen LogP contribution in [-0.4, -0.2) is 17.6 Å². The number of primary amides is 2. The van der Waals surface area contributed by atoms with Gasteiger partial charge in [-0.3, -0.25) is 14.4 Å². The number of ketones is 1. The molecule has 5 nitrogen and oxygen atoms in total. The van der Waals surface area contributed by atoms with E-state index in [-0.39, 0.29) is 12.8 Å². The van der Waals surface area contributed by atoms with Gasteiger partial charge in [-0.1, -0.05) is 20.8 Å². The van der Waals surface area contributed by atoms with E-state index in [0.29, 0.717) is 23.5 Å². The monoisotopic (exact) mass is 270 g/mol. The van der Waals surface area contributed by atoms with Crippen molar-refractivity contribution in [2.24, 2.45) is 29.2 Å². The predicted octanol–water partition coefficient (Wildman–Crippen LogP) is 1.38. The number of carbonyl (C=O) groups excluding carboxylic acids is 3. The molecule has 4 N–H and O–H groups in total. The van der Waals surface area contributed by atoms with Crippen molar-refractivity contribution in [3.8, 4) is 0 Å². The van der Waals surface area contributed by atoms with Gasteiger partial charge in [0, 0.05) is 25.2 Å². The highest BCUT2D eigenvalue weighted by Crippen LogP contribution is 2.29. The minimum absolute atomic E-state index is 0.0509. The van der Waals surface area contributed by atoms with Crippen LogP contribution >= 0.6 is 0 Å². The van der Waals surface area contributed by atoms with Crippen molar-refractivity contribution in [2.45, 2.75) is 52.9 Å². The lowest BCUT2D eigenvalue weighted by Gasteiger charge is -2.27. The molecule has 0 radical (unpaired) electrons. The first-order valence-electron chi connectivity index (χ1n) is 6.83. The predicted molar refractivity (Wildman–Crippen MR) is 74.0 cm³/mol. The largest absolute Gasteiger partial charge is 0.370 e. The molecule has 1 saturated carbocycles. The Bertz CT molecular complexity index is 313. The van der Waals surface area contributed by atoms with Crippen LogP contribution in [0.3, 0.4) is 0 Å². The van der Waals surface area contributed by atoms with E-state index in [1.165, 1.54) is 6.42 Å². The fraction of sp³-hybridized carbons (Fsp3) is 0.786. The van der Waals surface area contributed by atoms with Crippen LogP contribution in [0.15, 0.2) is 0 Å². The summed E-state index contributed by atoms with van der Waals surface area (Å²) in [5.41, 5.74) is 9.39. The van der Waals surface area contributed by atoms with Crippen molar-refractivity contribution in [2.75, 3.05) is 0 Å². The Hall–Kier alpha value is -1.39. The van der Waals surface area contributed by atoms with Crippen molar-refractivity contribution in [3.63, 3.8) is 0 Å². The molecule has 0 aromatic heterocycles. The van der Waals surface area contributed by atoms with Crippen molar-refractivity contribution in [1.29, 1.82) is 0 Å². The van der Waals surface area contributed by atoms with E-state index in [4.69, 9.17) is 11.5 Å². The molecule has 0 aliphatic heterocycles. The van der Waals surface area contributed by atoms with Gasteiger partial charge in [0.1, 0.15) is 5.78 Å². The molecule has 0 saturated heterocycles. The average Bonchev–Trinajstić information content (AvgIpc) is 2.26. The van der Waals surface area contributed by atoms with E-state index >= 15 is 0 Å². The van der Waals surface area contributed by atoms with Crippen LogP contribution in [0.25, 0.3) is 0 Å². The molecule has 110 valence electrons. The molecule has 5 heteroatoms. The molecule has 1 aliphatic rings. The van der Waals surface area contributed by atoms with Gasteiger partial charge in [-0.15, -0.1) is 0 Å². The highest BCUT2D eigenvalue weighted by molar-refractivity contribution is 5.82. The van der Waals surface area contributed by atoms with Gasteiger partial charge in [0.15, 0.2) is 0 Å². The standard InChI is InChI=1S/C10H18O.C4H8N2O2/c1-7(2)9-5-4-8(3)6-10(9)11;5-3(7)1-2-4(6)8/h7-9H,4-6H2,1-3H3;1-2H2,(H2,5,7)(H2,6,8)/t8-,9+;/m1./s1. The maximum atomic E-state index is 11.4. The van der Waals surface area contributed by atoms with Gasteiger partial charge in [-0.2, -0.15) is 0 Å². The minimum atomic E-state index is -0.496. The first-order chi connectivity index (χ1) is 8.73. The lowest BCUT2D eigenvalue weighted by Crippen LogP contribution is -2.27. The molecule has 0 unspecified atom stereocenters. The Morgan fingerprint density at radius 1 is 1.16 bits per heavy atom. The lowest BCUT2D eigenvalue weighted by molar-refractivity contribution is -0.127. The summed E-state index contributed by atoms with van der Waals surface area (Å²) in [6.07, 6.45) is 3.29. The molecule has 1 fully saturated rings. The molecular weight excluding hydrogens is 244 g/mol.